The lowest BCUT2D eigenvalue weighted by atomic mass is 10.2. The van der Waals surface area contributed by atoms with Crippen LogP contribution in [0.3, 0.4) is 0 Å². The summed E-state index contributed by atoms with van der Waals surface area (Å²) in [4.78, 5) is 13.4. The van der Waals surface area contributed by atoms with Gasteiger partial charge in [-0.1, -0.05) is 12.5 Å². The summed E-state index contributed by atoms with van der Waals surface area (Å²) < 4.78 is 18.3. The van der Waals surface area contributed by atoms with Gasteiger partial charge in [0.05, 0.1) is 6.54 Å². The third kappa shape index (κ3) is 6.52. The first-order valence-electron chi connectivity index (χ1n) is 6.96. The maximum atomic E-state index is 12.9. The molecule has 0 bridgehead atoms. The molecule has 0 aliphatic carbocycles. The largest absolute Gasteiger partial charge is 0.492 e. The van der Waals surface area contributed by atoms with Crippen LogP contribution < -0.4 is 10.5 Å². The van der Waals surface area contributed by atoms with Crippen LogP contribution in [0, 0.1) is 5.82 Å². The van der Waals surface area contributed by atoms with Crippen molar-refractivity contribution in [1.29, 1.82) is 0 Å². The molecule has 0 aliphatic rings. The third-order valence-corrected chi connectivity index (χ3v) is 3.01. The molecular weight excluding hydrogens is 259 g/mol. The van der Waals surface area contributed by atoms with Crippen molar-refractivity contribution in [3.8, 4) is 5.75 Å². The van der Waals surface area contributed by atoms with Crippen LogP contribution in [0.2, 0.25) is 0 Å². The summed E-state index contributed by atoms with van der Waals surface area (Å²) in [6.07, 6.45) is 3.34. The number of amides is 1. The van der Waals surface area contributed by atoms with Crippen LogP contribution in [0.15, 0.2) is 24.3 Å². The zero-order valence-electron chi connectivity index (χ0n) is 12.0. The van der Waals surface area contributed by atoms with Gasteiger partial charge in [0.1, 0.15) is 18.2 Å². The van der Waals surface area contributed by atoms with E-state index in [9.17, 15) is 9.18 Å². The van der Waals surface area contributed by atoms with Crippen LogP contribution in [0.4, 0.5) is 4.39 Å². The number of carbonyl (C=O) groups is 1. The summed E-state index contributed by atoms with van der Waals surface area (Å²) in [7, 11) is 1.75. The molecule has 1 rings (SSSR count). The Morgan fingerprint density at radius 3 is 2.85 bits per heavy atom. The summed E-state index contributed by atoms with van der Waals surface area (Å²) >= 11 is 0. The first-order chi connectivity index (χ1) is 9.63. The van der Waals surface area contributed by atoms with E-state index in [4.69, 9.17) is 10.5 Å². The number of carbonyl (C=O) groups excluding carboxylic acids is 1. The van der Waals surface area contributed by atoms with E-state index in [-0.39, 0.29) is 11.7 Å². The number of hydrogen-bond acceptors (Lipinski definition) is 3. The maximum absolute atomic E-state index is 12.9. The monoisotopic (exact) mass is 282 g/mol. The molecule has 0 unspecified atom stereocenters. The number of nitrogens with zero attached hydrogens (tertiary/aromatic N) is 1. The fourth-order valence-electron chi connectivity index (χ4n) is 1.77. The number of unbranched alkanes of at least 4 members (excludes halogenated alkanes) is 2. The van der Waals surface area contributed by atoms with Gasteiger partial charge in [0, 0.05) is 19.5 Å². The standard InChI is InChI=1S/C15H23FN2O2/c1-18(15(19)8-3-2-4-9-17)10-11-20-14-7-5-6-13(16)12-14/h5-7,12H,2-4,8-11,17H2,1H3. The van der Waals surface area contributed by atoms with Gasteiger partial charge in [-0.2, -0.15) is 0 Å². The highest BCUT2D eigenvalue weighted by Gasteiger charge is 2.08. The normalized spacial score (nSPS) is 10.3. The SMILES string of the molecule is CN(CCOc1cccc(F)c1)C(=O)CCCCCN. The molecule has 0 aromatic heterocycles. The Labute approximate surface area is 119 Å². The molecule has 0 atom stereocenters. The van der Waals surface area contributed by atoms with Crippen LogP contribution in [0.25, 0.3) is 0 Å². The van der Waals surface area contributed by atoms with Crippen molar-refractivity contribution < 1.29 is 13.9 Å². The number of nitrogens with two attached hydrogens (primary N) is 1. The molecule has 0 saturated carbocycles. The van der Waals surface area contributed by atoms with Crippen LogP contribution >= 0.6 is 0 Å². The zero-order chi connectivity index (χ0) is 14.8. The minimum Gasteiger partial charge on any atom is -0.492 e. The lowest BCUT2D eigenvalue weighted by Crippen LogP contribution is -2.30. The molecule has 4 nitrogen and oxygen atoms in total. The first kappa shape index (κ1) is 16.4. The molecular formula is C15H23FN2O2. The Kier molecular flexibility index (Phi) is 7.65. The van der Waals surface area contributed by atoms with Gasteiger partial charge < -0.3 is 15.4 Å². The lowest BCUT2D eigenvalue weighted by Gasteiger charge is -2.17. The molecule has 1 aromatic rings. The molecule has 1 aromatic carbocycles. The van der Waals surface area contributed by atoms with Crippen molar-refractivity contribution in [3.05, 3.63) is 30.1 Å². The number of rotatable bonds is 9. The molecule has 20 heavy (non-hydrogen) atoms. The highest BCUT2D eigenvalue weighted by Crippen LogP contribution is 2.11. The molecule has 0 spiro atoms. The molecule has 5 heteroatoms. The van der Waals surface area contributed by atoms with Crippen LogP contribution in [0.1, 0.15) is 25.7 Å². The van der Waals surface area contributed by atoms with Gasteiger partial charge in [0.15, 0.2) is 0 Å². The number of hydrogen-bond donors (Lipinski definition) is 1. The molecule has 0 fully saturated rings. The van der Waals surface area contributed by atoms with Crippen molar-refractivity contribution in [3.63, 3.8) is 0 Å². The summed E-state index contributed by atoms with van der Waals surface area (Å²) in [5.74, 6) is 0.255. The second kappa shape index (κ2) is 9.31. The Morgan fingerprint density at radius 1 is 1.35 bits per heavy atom. The molecule has 0 heterocycles. The van der Waals surface area contributed by atoms with E-state index in [1.165, 1.54) is 12.1 Å². The van der Waals surface area contributed by atoms with E-state index in [0.29, 0.717) is 31.9 Å². The fourth-order valence-corrected chi connectivity index (χ4v) is 1.77. The molecule has 0 aliphatic heterocycles. The van der Waals surface area contributed by atoms with Gasteiger partial charge in [-0.25, -0.2) is 4.39 Å². The topological polar surface area (TPSA) is 55.6 Å². The minimum absolute atomic E-state index is 0.102. The average molecular weight is 282 g/mol. The van der Waals surface area contributed by atoms with Crippen molar-refractivity contribution in [1.82, 2.24) is 4.90 Å². The van der Waals surface area contributed by atoms with Crippen LogP contribution in [-0.4, -0.2) is 37.6 Å². The highest BCUT2D eigenvalue weighted by atomic mass is 19.1. The Bertz CT molecular complexity index is 413. The van der Waals surface area contributed by atoms with Crippen molar-refractivity contribution in [2.45, 2.75) is 25.7 Å². The molecule has 1 amide bonds. The quantitative estimate of drug-likeness (QED) is 0.706. The van der Waals surface area contributed by atoms with Gasteiger partial charge in [-0.3, -0.25) is 4.79 Å². The van der Waals surface area contributed by atoms with Crippen LogP contribution in [0.5, 0.6) is 5.75 Å². The zero-order valence-corrected chi connectivity index (χ0v) is 12.0. The van der Waals surface area contributed by atoms with E-state index in [2.05, 4.69) is 0 Å². The molecule has 112 valence electrons. The number of halogens is 1. The van der Waals surface area contributed by atoms with E-state index in [1.54, 1.807) is 24.1 Å². The van der Waals surface area contributed by atoms with E-state index in [0.717, 1.165) is 19.3 Å². The van der Waals surface area contributed by atoms with Gasteiger partial charge in [0.2, 0.25) is 5.91 Å². The van der Waals surface area contributed by atoms with E-state index < -0.39 is 0 Å². The van der Waals surface area contributed by atoms with Crippen molar-refractivity contribution in [2.75, 3.05) is 26.7 Å². The van der Waals surface area contributed by atoms with Crippen molar-refractivity contribution >= 4 is 5.91 Å². The van der Waals surface area contributed by atoms with Gasteiger partial charge >= 0.3 is 0 Å². The minimum atomic E-state index is -0.327. The predicted molar refractivity (Wildman–Crippen MR) is 77.1 cm³/mol. The van der Waals surface area contributed by atoms with E-state index >= 15 is 0 Å². The predicted octanol–water partition coefficient (Wildman–Crippen LogP) is 2.18. The lowest BCUT2D eigenvalue weighted by molar-refractivity contribution is -0.130. The van der Waals surface area contributed by atoms with Crippen molar-refractivity contribution in [2.24, 2.45) is 5.73 Å². The third-order valence-electron chi connectivity index (χ3n) is 3.01. The number of benzene rings is 1. The Balaban J connectivity index is 2.18. The number of likely N-dealkylation sites (N-methyl/N-ethyl adjacent to an activating group) is 1. The van der Waals surface area contributed by atoms with Gasteiger partial charge in [-0.15, -0.1) is 0 Å². The molecule has 0 saturated heterocycles. The highest BCUT2D eigenvalue weighted by molar-refractivity contribution is 5.75. The molecule has 2 N–H and O–H groups in total. The summed E-state index contributed by atoms with van der Waals surface area (Å²) in [5.41, 5.74) is 5.40. The fraction of sp³-hybridized carbons (Fsp3) is 0.533. The Morgan fingerprint density at radius 2 is 2.15 bits per heavy atom. The molecule has 0 radical (unpaired) electrons. The smallest absolute Gasteiger partial charge is 0.222 e. The van der Waals surface area contributed by atoms with E-state index in [1.807, 2.05) is 0 Å². The summed E-state index contributed by atoms with van der Waals surface area (Å²) in [5, 5.41) is 0. The van der Waals surface area contributed by atoms with Crippen LogP contribution in [-0.2, 0) is 4.79 Å². The maximum Gasteiger partial charge on any atom is 0.222 e. The first-order valence-corrected chi connectivity index (χ1v) is 6.96. The Hall–Kier alpha value is -1.62. The second-order valence-corrected chi connectivity index (χ2v) is 4.72. The second-order valence-electron chi connectivity index (χ2n) is 4.72. The van der Waals surface area contributed by atoms with Gasteiger partial charge in [0.25, 0.3) is 0 Å². The number of ether oxygens (including phenoxy) is 1. The van der Waals surface area contributed by atoms with Gasteiger partial charge in [-0.05, 0) is 31.5 Å². The summed E-state index contributed by atoms with van der Waals surface area (Å²) in [6.45, 7) is 1.52. The average Bonchev–Trinajstić information content (AvgIpc) is 2.43. The summed E-state index contributed by atoms with van der Waals surface area (Å²) in [6, 6.07) is 5.98.